The topological polar surface area (TPSA) is 58.6 Å². The minimum atomic E-state index is -3.21. The van der Waals surface area contributed by atoms with Crippen LogP contribution in [-0.4, -0.2) is 38.7 Å². The fourth-order valence-corrected chi connectivity index (χ4v) is 3.99. The maximum atomic E-state index is 14.1. The molecule has 140 valence electrons. The van der Waals surface area contributed by atoms with E-state index in [2.05, 4.69) is 9.62 Å². The van der Waals surface area contributed by atoms with E-state index in [-0.39, 0.29) is 11.8 Å². The van der Waals surface area contributed by atoms with Crippen LogP contribution in [0.4, 0.5) is 4.39 Å². The van der Waals surface area contributed by atoms with Gasteiger partial charge in [-0.05, 0) is 49.2 Å². The van der Waals surface area contributed by atoms with E-state index in [0.29, 0.717) is 18.8 Å². The molecule has 1 atom stereocenters. The van der Waals surface area contributed by atoms with E-state index in [0.717, 1.165) is 24.9 Å². The summed E-state index contributed by atoms with van der Waals surface area (Å²) in [6.45, 7) is 2.14. The van der Waals surface area contributed by atoms with Crippen molar-refractivity contribution in [1.29, 1.82) is 0 Å². The molecule has 5 nitrogen and oxygen atoms in total. The van der Waals surface area contributed by atoms with Gasteiger partial charge in [-0.1, -0.05) is 24.3 Å². The third-order valence-electron chi connectivity index (χ3n) is 4.26. The second-order valence-electron chi connectivity index (χ2n) is 6.64. The van der Waals surface area contributed by atoms with Gasteiger partial charge in [0.25, 0.3) is 0 Å². The molecule has 1 aliphatic heterocycles. The smallest absolute Gasteiger partial charge is 0.208 e. The largest absolute Gasteiger partial charge is 0.454 e. The van der Waals surface area contributed by atoms with Crippen molar-refractivity contribution in [2.24, 2.45) is 0 Å². The number of rotatable bonds is 6. The van der Waals surface area contributed by atoms with Crippen LogP contribution < -0.4 is 9.46 Å². The van der Waals surface area contributed by atoms with Crippen molar-refractivity contribution in [3.8, 4) is 11.5 Å². The molecule has 0 amide bonds. The average Bonchev–Trinajstić information content (AvgIpc) is 2.58. The molecule has 7 heteroatoms. The predicted octanol–water partition coefficient (Wildman–Crippen LogP) is 3.13. The lowest BCUT2D eigenvalue weighted by atomic mass is 10.1. The Morgan fingerprint density at radius 1 is 1.23 bits per heavy atom. The summed E-state index contributed by atoms with van der Waals surface area (Å²) in [4.78, 5) is 2.17. The van der Waals surface area contributed by atoms with E-state index in [4.69, 9.17) is 4.74 Å². The van der Waals surface area contributed by atoms with Gasteiger partial charge in [0.1, 0.15) is 5.75 Å². The van der Waals surface area contributed by atoms with Gasteiger partial charge in [-0.25, -0.2) is 17.5 Å². The molecule has 1 unspecified atom stereocenters. The van der Waals surface area contributed by atoms with Gasteiger partial charge in [0.05, 0.1) is 6.26 Å². The molecule has 0 saturated carbocycles. The van der Waals surface area contributed by atoms with Crippen molar-refractivity contribution < 1.29 is 17.5 Å². The molecule has 2 aromatic rings. The van der Waals surface area contributed by atoms with Crippen molar-refractivity contribution in [3.63, 3.8) is 0 Å². The molecule has 1 heterocycles. The van der Waals surface area contributed by atoms with Gasteiger partial charge in [0, 0.05) is 19.1 Å². The fraction of sp³-hybridized carbons (Fsp3) is 0.368. The quantitative estimate of drug-likeness (QED) is 0.839. The first-order valence-electron chi connectivity index (χ1n) is 8.60. The Labute approximate surface area is 153 Å². The molecular weight excluding hydrogens is 355 g/mol. The van der Waals surface area contributed by atoms with Crippen molar-refractivity contribution in [3.05, 3.63) is 59.9 Å². The molecular formula is C19H23FN2O3S. The van der Waals surface area contributed by atoms with Crippen LogP contribution in [0.3, 0.4) is 0 Å². The highest BCUT2D eigenvalue weighted by atomic mass is 32.2. The number of hydrogen-bond acceptors (Lipinski definition) is 4. The zero-order chi connectivity index (χ0) is 18.6. The summed E-state index contributed by atoms with van der Waals surface area (Å²) in [6, 6.07) is 13.9. The molecule has 0 radical (unpaired) electrons. The second kappa shape index (κ2) is 8.16. The van der Waals surface area contributed by atoms with Gasteiger partial charge in [0.2, 0.25) is 10.0 Å². The number of benzene rings is 2. The van der Waals surface area contributed by atoms with Crippen LogP contribution in [-0.2, 0) is 16.6 Å². The zero-order valence-electron chi connectivity index (χ0n) is 14.7. The lowest BCUT2D eigenvalue weighted by molar-refractivity contribution is 0.194. The molecule has 1 saturated heterocycles. The number of hydrogen-bond donors (Lipinski definition) is 1. The number of nitrogens with zero attached hydrogens (tertiary/aromatic N) is 1. The molecule has 0 bridgehead atoms. The van der Waals surface area contributed by atoms with Crippen LogP contribution in [0.5, 0.6) is 11.5 Å². The Morgan fingerprint density at radius 3 is 2.73 bits per heavy atom. The number of ether oxygens (including phenoxy) is 1. The van der Waals surface area contributed by atoms with Gasteiger partial charge in [-0.15, -0.1) is 0 Å². The third-order valence-corrected chi connectivity index (χ3v) is 5.02. The molecule has 1 N–H and O–H groups in total. The van der Waals surface area contributed by atoms with E-state index < -0.39 is 15.8 Å². The van der Waals surface area contributed by atoms with Crippen LogP contribution in [0, 0.1) is 5.82 Å². The average molecular weight is 378 g/mol. The molecule has 26 heavy (non-hydrogen) atoms. The van der Waals surface area contributed by atoms with Crippen molar-refractivity contribution >= 4 is 10.0 Å². The molecule has 3 rings (SSSR count). The summed E-state index contributed by atoms with van der Waals surface area (Å²) in [5.74, 6) is 0.364. The maximum absolute atomic E-state index is 14.1. The highest BCUT2D eigenvalue weighted by Crippen LogP contribution is 2.26. The van der Waals surface area contributed by atoms with Crippen LogP contribution >= 0.6 is 0 Å². The van der Waals surface area contributed by atoms with Gasteiger partial charge >= 0.3 is 0 Å². The highest BCUT2D eigenvalue weighted by Gasteiger charge is 2.22. The highest BCUT2D eigenvalue weighted by molar-refractivity contribution is 7.88. The first-order valence-corrected chi connectivity index (χ1v) is 10.5. The van der Waals surface area contributed by atoms with E-state index in [1.54, 1.807) is 24.3 Å². The normalized spacial score (nSPS) is 18.6. The number of sulfonamides is 1. The summed E-state index contributed by atoms with van der Waals surface area (Å²) in [7, 11) is -3.21. The summed E-state index contributed by atoms with van der Waals surface area (Å²) in [5, 5.41) is 0. The fourth-order valence-electron chi connectivity index (χ4n) is 3.20. The van der Waals surface area contributed by atoms with Gasteiger partial charge < -0.3 is 4.74 Å². The molecule has 1 aliphatic rings. The predicted molar refractivity (Wildman–Crippen MR) is 99.2 cm³/mol. The van der Waals surface area contributed by atoms with Gasteiger partial charge in [0.15, 0.2) is 11.6 Å². The second-order valence-corrected chi connectivity index (χ2v) is 8.42. The van der Waals surface area contributed by atoms with Crippen LogP contribution in [0.2, 0.25) is 0 Å². The van der Waals surface area contributed by atoms with Crippen LogP contribution in [0.1, 0.15) is 18.4 Å². The Hall–Kier alpha value is -1.96. The van der Waals surface area contributed by atoms with E-state index >= 15 is 0 Å². The monoisotopic (exact) mass is 378 g/mol. The number of likely N-dealkylation sites (tertiary alicyclic amines) is 1. The molecule has 0 spiro atoms. The van der Waals surface area contributed by atoms with Crippen molar-refractivity contribution in [2.75, 3.05) is 19.3 Å². The Morgan fingerprint density at radius 2 is 2.00 bits per heavy atom. The van der Waals surface area contributed by atoms with Crippen LogP contribution in [0.25, 0.3) is 0 Å². The summed E-state index contributed by atoms with van der Waals surface area (Å²) in [6.07, 6.45) is 2.93. The number of piperidine rings is 1. The zero-order valence-corrected chi connectivity index (χ0v) is 15.5. The van der Waals surface area contributed by atoms with Gasteiger partial charge in [-0.3, -0.25) is 4.90 Å². The van der Waals surface area contributed by atoms with E-state index in [1.165, 1.54) is 12.3 Å². The van der Waals surface area contributed by atoms with E-state index in [1.807, 2.05) is 18.2 Å². The first-order chi connectivity index (χ1) is 12.4. The molecule has 1 fully saturated rings. The third kappa shape index (κ3) is 5.52. The number of para-hydroxylation sites is 1. The minimum Gasteiger partial charge on any atom is -0.454 e. The lowest BCUT2D eigenvalue weighted by Gasteiger charge is -2.32. The number of halogens is 1. The summed E-state index contributed by atoms with van der Waals surface area (Å²) < 4.78 is 45.2. The maximum Gasteiger partial charge on any atom is 0.208 e. The van der Waals surface area contributed by atoms with Crippen LogP contribution in [0.15, 0.2) is 48.5 Å². The SMILES string of the molecule is CS(=O)(=O)NC1CCCN(Cc2ccc(F)c(Oc3ccccc3)c2)C1. The standard InChI is InChI=1S/C19H23FN2O3S/c1-26(23,24)21-16-6-5-11-22(14-16)13-15-9-10-18(20)19(12-15)25-17-7-3-2-4-8-17/h2-4,7-10,12,16,21H,5-6,11,13-14H2,1H3. The molecule has 0 aliphatic carbocycles. The minimum absolute atomic E-state index is 0.0840. The van der Waals surface area contributed by atoms with Crippen molar-refractivity contribution in [1.82, 2.24) is 9.62 Å². The molecule has 0 aromatic heterocycles. The van der Waals surface area contributed by atoms with E-state index in [9.17, 15) is 12.8 Å². The summed E-state index contributed by atoms with van der Waals surface area (Å²) >= 11 is 0. The lowest BCUT2D eigenvalue weighted by Crippen LogP contribution is -2.46. The Bertz CT molecular complexity index is 843. The van der Waals surface area contributed by atoms with Crippen molar-refractivity contribution in [2.45, 2.75) is 25.4 Å². The number of nitrogens with one attached hydrogen (secondary N) is 1. The molecule has 2 aromatic carbocycles. The Balaban J connectivity index is 1.67. The first kappa shape index (κ1) is 18.8. The Kier molecular flexibility index (Phi) is 5.90. The van der Waals surface area contributed by atoms with Gasteiger partial charge in [-0.2, -0.15) is 0 Å². The summed E-state index contributed by atoms with van der Waals surface area (Å²) in [5.41, 5.74) is 0.928.